The molecule has 0 fully saturated rings. The average Bonchev–Trinajstić information content (AvgIpc) is 3.16. The molecular formula is C31H37N3O3. The summed E-state index contributed by atoms with van der Waals surface area (Å²) in [5.74, 6) is 0.121. The summed E-state index contributed by atoms with van der Waals surface area (Å²) in [6.07, 6.45) is 1.31. The van der Waals surface area contributed by atoms with Crippen molar-refractivity contribution in [3.05, 3.63) is 77.4 Å². The van der Waals surface area contributed by atoms with Crippen LogP contribution in [0.1, 0.15) is 61.5 Å². The Labute approximate surface area is 219 Å². The number of carbonyl (C=O) groups excluding carboxylic acids is 3. The number of benzene rings is 3. The first-order valence-electron chi connectivity index (χ1n) is 13.3. The molecule has 6 nitrogen and oxygen atoms in total. The minimum absolute atomic E-state index is 0.0180. The van der Waals surface area contributed by atoms with Crippen molar-refractivity contribution in [3.63, 3.8) is 0 Å². The van der Waals surface area contributed by atoms with Gasteiger partial charge in [0.2, 0.25) is 11.8 Å². The maximum absolute atomic E-state index is 13.6. The van der Waals surface area contributed by atoms with Crippen LogP contribution in [-0.4, -0.2) is 41.8 Å². The first-order valence-corrected chi connectivity index (χ1v) is 13.3. The molecule has 0 spiro atoms. The van der Waals surface area contributed by atoms with Crippen LogP contribution >= 0.6 is 0 Å². The highest BCUT2D eigenvalue weighted by molar-refractivity contribution is 6.25. The van der Waals surface area contributed by atoms with Gasteiger partial charge in [0.15, 0.2) is 0 Å². The van der Waals surface area contributed by atoms with Gasteiger partial charge in [-0.25, -0.2) is 0 Å². The van der Waals surface area contributed by atoms with Gasteiger partial charge in [-0.1, -0.05) is 69.3 Å². The molecule has 3 aromatic rings. The van der Waals surface area contributed by atoms with Gasteiger partial charge in [-0.05, 0) is 54.3 Å². The van der Waals surface area contributed by atoms with Crippen LogP contribution in [0.2, 0.25) is 0 Å². The summed E-state index contributed by atoms with van der Waals surface area (Å²) in [6.45, 7) is 9.48. The van der Waals surface area contributed by atoms with E-state index in [9.17, 15) is 14.4 Å². The number of aryl methyl sites for hydroxylation is 1. The molecule has 1 aliphatic rings. The molecular weight excluding hydrogens is 462 g/mol. The summed E-state index contributed by atoms with van der Waals surface area (Å²) in [6, 6.07) is 19.2. The van der Waals surface area contributed by atoms with Gasteiger partial charge >= 0.3 is 0 Å². The minimum Gasteiger partial charge on any atom is -0.354 e. The number of hydrogen-bond acceptors (Lipinski definition) is 3. The number of anilines is 1. The third-order valence-electron chi connectivity index (χ3n) is 7.09. The monoisotopic (exact) mass is 499 g/mol. The number of carbonyl (C=O) groups is 3. The van der Waals surface area contributed by atoms with Crippen molar-refractivity contribution in [1.82, 2.24) is 10.2 Å². The lowest BCUT2D eigenvalue weighted by Crippen LogP contribution is -2.49. The van der Waals surface area contributed by atoms with E-state index < -0.39 is 6.04 Å². The molecule has 3 amide bonds. The average molecular weight is 500 g/mol. The fourth-order valence-electron chi connectivity index (χ4n) is 5.05. The molecule has 0 saturated carbocycles. The van der Waals surface area contributed by atoms with E-state index in [0.717, 1.165) is 27.6 Å². The molecule has 0 aromatic heterocycles. The second-order valence-corrected chi connectivity index (χ2v) is 10.3. The zero-order chi connectivity index (χ0) is 26.5. The second-order valence-electron chi connectivity index (χ2n) is 10.3. The molecule has 37 heavy (non-hydrogen) atoms. The van der Waals surface area contributed by atoms with E-state index in [1.807, 2.05) is 74.5 Å². The number of rotatable bonds is 11. The van der Waals surface area contributed by atoms with Crippen molar-refractivity contribution in [2.45, 2.75) is 59.5 Å². The van der Waals surface area contributed by atoms with Gasteiger partial charge in [0.1, 0.15) is 6.04 Å². The molecule has 3 aromatic carbocycles. The van der Waals surface area contributed by atoms with Crippen LogP contribution in [0.25, 0.3) is 10.8 Å². The van der Waals surface area contributed by atoms with Crippen molar-refractivity contribution in [3.8, 4) is 0 Å². The maximum atomic E-state index is 13.6. The zero-order valence-electron chi connectivity index (χ0n) is 22.3. The zero-order valence-corrected chi connectivity index (χ0v) is 22.3. The van der Waals surface area contributed by atoms with E-state index in [4.69, 9.17) is 0 Å². The Morgan fingerprint density at radius 2 is 1.73 bits per heavy atom. The third kappa shape index (κ3) is 5.68. The van der Waals surface area contributed by atoms with E-state index in [2.05, 4.69) is 19.2 Å². The Kier molecular flexibility index (Phi) is 8.27. The Hall–Kier alpha value is -3.67. The van der Waals surface area contributed by atoms with Crippen LogP contribution in [0.15, 0.2) is 60.7 Å². The predicted octanol–water partition coefficient (Wildman–Crippen LogP) is 5.47. The van der Waals surface area contributed by atoms with E-state index in [1.165, 1.54) is 0 Å². The molecule has 0 aliphatic carbocycles. The van der Waals surface area contributed by atoms with Gasteiger partial charge in [0.05, 0.1) is 5.69 Å². The van der Waals surface area contributed by atoms with Gasteiger partial charge < -0.3 is 15.1 Å². The highest BCUT2D eigenvalue weighted by atomic mass is 16.2. The summed E-state index contributed by atoms with van der Waals surface area (Å²) in [5.41, 5.74) is 3.74. The summed E-state index contributed by atoms with van der Waals surface area (Å²) in [4.78, 5) is 43.3. The molecule has 1 heterocycles. The molecule has 0 saturated heterocycles. The summed E-state index contributed by atoms with van der Waals surface area (Å²) in [7, 11) is 0. The molecule has 4 rings (SSSR count). The highest BCUT2D eigenvalue weighted by Crippen LogP contribution is 2.37. The van der Waals surface area contributed by atoms with Crippen LogP contribution in [0.4, 0.5) is 5.69 Å². The van der Waals surface area contributed by atoms with Gasteiger partial charge in [0.25, 0.3) is 5.91 Å². The number of hydrogen-bond donors (Lipinski definition) is 1. The van der Waals surface area contributed by atoms with E-state index in [-0.39, 0.29) is 24.1 Å². The third-order valence-corrected chi connectivity index (χ3v) is 7.09. The Balaban J connectivity index is 1.49. The summed E-state index contributed by atoms with van der Waals surface area (Å²) in [5, 5.41) is 5.04. The number of amides is 3. The van der Waals surface area contributed by atoms with Crippen LogP contribution in [0.3, 0.4) is 0 Å². The quantitative estimate of drug-likeness (QED) is 0.380. The lowest BCUT2D eigenvalue weighted by Gasteiger charge is -2.31. The molecule has 1 N–H and O–H groups in total. The lowest BCUT2D eigenvalue weighted by molar-refractivity contribution is -0.141. The van der Waals surface area contributed by atoms with Gasteiger partial charge in [-0.3, -0.25) is 14.4 Å². The van der Waals surface area contributed by atoms with Crippen LogP contribution in [0, 0.1) is 12.8 Å². The van der Waals surface area contributed by atoms with Crippen molar-refractivity contribution in [2.75, 3.05) is 18.0 Å². The van der Waals surface area contributed by atoms with E-state index in [0.29, 0.717) is 44.0 Å². The van der Waals surface area contributed by atoms with Crippen molar-refractivity contribution in [2.24, 2.45) is 5.92 Å². The molecule has 1 aliphatic heterocycles. The SMILES string of the molecule is CCC(C(=O)NCC(C)C)N(Cc1ccccc1C)C(=O)CCCN1C(=O)c2cccc3cccc1c23. The first kappa shape index (κ1) is 26.4. The fraction of sp³-hybridized carbons (Fsp3) is 0.387. The molecule has 6 heteroatoms. The summed E-state index contributed by atoms with van der Waals surface area (Å²) < 4.78 is 0. The van der Waals surface area contributed by atoms with Crippen molar-refractivity contribution < 1.29 is 14.4 Å². The topological polar surface area (TPSA) is 69.7 Å². The van der Waals surface area contributed by atoms with E-state index >= 15 is 0 Å². The number of nitrogens with zero attached hydrogens (tertiary/aromatic N) is 2. The molecule has 1 unspecified atom stereocenters. The van der Waals surface area contributed by atoms with Crippen molar-refractivity contribution >= 4 is 34.2 Å². The standard InChI is InChI=1S/C31H37N3O3/c1-5-26(30(36)32-19-21(2)3)34(20-24-12-7-6-11-22(24)4)28(35)17-10-18-33-27-16-9-14-23-13-8-15-25(29(23)27)31(33)37/h6-9,11-16,21,26H,5,10,17-20H2,1-4H3,(H,32,36). The van der Waals surface area contributed by atoms with Gasteiger partial charge in [-0.2, -0.15) is 0 Å². The van der Waals surface area contributed by atoms with Crippen molar-refractivity contribution in [1.29, 1.82) is 0 Å². The van der Waals surface area contributed by atoms with Crippen LogP contribution in [0.5, 0.6) is 0 Å². The molecule has 194 valence electrons. The molecule has 0 radical (unpaired) electrons. The highest BCUT2D eigenvalue weighted by Gasteiger charge is 2.31. The van der Waals surface area contributed by atoms with Crippen LogP contribution < -0.4 is 10.2 Å². The van der Waals surface area contributed by atoms with Gasteiger partial charge in [0, 0.05) is 37.0 Å². The maximum Gasteiger partial charge on any atom is 0.258 e. The largest absolute Gasteiger partial charge is 0.354 e. The minimum atomic E-state index is -0.544. The van der Waals surface area contributed by atoms with Crippen LogP contribution in [-0.2, 0) is 16.1 Å². The molecule has 0 bridgehead atoms. The summed E-state index contributed by atoms with van der Waals surface area (Å²) >= 11 is 0. The number of nitrogens with one attached hydrogen (secondary N) is 1. The Bertz CT molecular complexity index is 1290. The molecule has 1 atom stereocenters. The van der Waals surface area contributed by atoms with Gasteiger partial charge in [-0.15, -0.1) is 0 Å². The smallest absolute Gasteiger partial charge is 0.258 e. The Morgan fingerprint density at radius 3 is 2.43 bits per heavy atom. The normalized spacial score (nSPS) is 13.3. The second kappa shape index (κ2) is 11.6. The predicted molar refractivity (Wildman–Crippen MR) is 149 cm³/mol. The van der Waals surface area contributed by atoms with E-state index in [1.54, 1.807) is 9.80 Å². The lowest BCUT2D eigenvalue weighted by atomic mass is 10.0. The fourth-order valence-corrected chi connectivity index (χ4v) is 5.05. The Morgan fingerprint density at radius 1 is 1.00 bits per heavy atom. The first-order chi connectivity index (χ1) is 17.8.